The second kappa shape index (κ2) is 9.14. The van der Waals surface area contributed by atoms with E-state index in [4.69, 9.17) is 14.2 Å². The summed E-state index contributed by atoms with van der Waals surface area (Å²) in [5.41, 5.74) is 2.12. The van der Waals surface area contributed by atoms with E-state index >= 15 is 0 Å². The molecule has 1 aromatic carbocycles. The zero-order valence-electron chi connectivity index (χ0n) is 16.9. The predicted octanol–water partition coefficient (Wildman–Crippen LogP) is 4.32. The van der Waals surface area contributed by atoms with Crippen LogP contribution in [0.2, 0.25) is 0 Å². The summed E-state index contributed by atoms with van der Waals surface area (Å²) in [4.78, 5) is 0. The van der Waals surface area contributed by atoms with E-state index in [1.54, 1.807) is 0 Å². The van der Waals surface area contributed by atoms with E-state index < -0.39 is 11.9 Å². The van der Waals surface area contributed by atoms with E-state index in [0.29, 0.717) is 13.2 Å². The molecule has 1 aromatic rings. The normalized spacial score (nSPS) is 26.5. The molecule has 4 heteroatoms. The fraction of sp³-hybridized carbons (Fsp3) is 0.636. The van der Waals surface area contributed by atoms with Gasteiger partial charge in [0.15, 0.2) is 5.79 Å². The van der Waals surface area contributed by atoms with Crippen LogP contribution in [0.5, 0.6) is 0 Å². The Balaban J connectivity index is 1.84. The minimum Gasteiger partial charge on any atom is -0.388 e. The smallest absolute Gasteiger partial charge is 0.163 e. The van der Waals surface area contributed by atoms with Gasteiger partial charge < -0.3 is 19.3 Å². The monoisotopic (exact) mass is 362 g/mol. The summed E-state index contributed by atoms with van der Waals surface area (Å²) in [6.45, 7) is 13.2. The van der Waals surface area contributed by atoms with Crippen molar-refractivity contribution in [3.63, 3.8) is 0 Å². The van der Waals surface area contributed by atoms with Crippen molar-refractivity contribution in [1.82, 2.24) is 0 Å². The Morgan fingerprint density at radius 1 is 1.23 bits per heavy atom. The van der Waals surface area contributed by atoms with Gasteiger partial charge in [0.05, 0.1) is 31.5 Å². The molecule has 0 unspecified atom stereocenters. The summed E-state index contributed by atoms with van der Waals surface area (Å²) in [7, 11) is 0. The second-order valence-corrected chi connectivity index (χ2v) is 8.00. The lowest BCUT2D eigenvalue weighted by Gasteiger charge is -2.27. The molecule has 1 saturated heterocycles. The first-order chi connectivity index (χ1) is 12.2. The fourth-order valence-electron chi connectivity index (χ4n) is 3.63. The first-order valence-electron chi connectivity index (χ1n) is 9.53. The molecular weight excluding hydrogens is 328 g/mol. The third kappa shape index (κ3) is 5.92. The topological polar surface area (TPSA) is 47.9 Å². The van der Waals surface area contributed by atoms with Crippen LogP contribution in [-0.2, 0) is 20.8 Å². The first-order valence-corrected chi connectivity index (χ1v) is 9.53. The summed E-state index contributed by atoms with van der Waals surface area (Å²) in [6, 6.07) is 10.1. The Morgan fingerprint density at radius 2 is 1.88 bits per heavy atom. The molecular formula is C22H34O4. The molecule has 0 aromatic heterocycles. The van der Waals surface area contributed by atoms with Crippen molar-refractivity contribution >= 4 is 0 Å². The number of aliphatic hydroxyl groups excluding tert-OH is 1. The van der Waals surface area contributed by atoms with Crippen LogP contribution in [0.25, 0.3) is 0 Å². The summed E-state index contributed by atoms with van der Waals surface area (Å²) < 4.78 is 17.6. The largest absolute Gasteiger partial charge is 0.388 e. The van der Waals surface area contributed by atoms with Crippen LogP contribution in [-0.4, -0.2) is 35.8 Å². The Bertz CT molecular complexity index is 581. The van der Waals surface area contributed by atoms with Gasteiger partial charge in [-0.25, -0.2) is 0 Å². The molecule has 1 fully saturated rings. The average molecular weight is 363 g/mol. The van der Waals surface area contributed by atoms with Crippen molar-refractivity contribution in [1.29, 1.82) is 0 Å². The Kier molecular flexibility index (Phi) is 7.42. The number of hydrogen-bond donors (Lipinski definition) is 1. The van der Waals surface area contributed by atoms with Gasteiger partial charge in [0.2, 0.25) is 0 Å². The molecule has 0 aliphatic carbocycles. The zero-order valence-corrected chi connectivity index (χ0v) is 16.9. The SMILES string of the molecule is C/C(=C\[C@@H](C)COCc1ccccc1)[C@H](O)[C@@H](C)[C@@H]1OC(C)(C)O[C@H]1C. The van der Waals surface area contributed by atoms with Gasteiger partial charge in [0.1, 0.15) is 0 Å². The van der Waals surface area contributed by atoms with Gasteiger partial charge in [-0.05, 0) is 44.7 Å². The quantitative estimate of drug-likeness (QED) is 0.700. The minimum atomic E-state index is -0.589. The number of ether oxygens (including phenoxy) is 3. The average Bonchev–Trinajstić information content (AvgIpc) is 2.87. The molecule has 1 aliphatic rings. The van der Waals surface area contributed by atoms with Crippen molar-refractivity contribution in [2.45, 2.75) is 72.2 Å². The molecule has 0 amide bonds. The molecule has 1 heterocycles. The lowest BCUT2D eigenvalue weighted by Crippen LogP contribution is -2.36. The van der Waals surface area contributed by atoms with Crippen molar-refractivity contribution in [3.05, 3.63) is 47.5 Å². The van der Waals surface area contributed by atoms with E-state index in [1.165, 1.54) is 5.56 Å². The molecule has 0 saturated carbocycles. The molecule has 1 N–H and O–H groups in total. The molecule has 26 heavy (non-hydrogen) atoms. The molecule has 0 bridgehead atoms. The molecule has 0 spiro atoms. The van der Waals surface area contributed by atoms with Crippen molar-refractivity contribution < 1.29 is 19.3 Å². The van der Waals surface area contributed by atoms with Crippen LogP contribution < -0.4 is 0 Å². The summed E-state index contributed by atoms with van der Waals surface area (Å²) in [5, 5.41) is 10.7. The van der Waals surface area contributed by atoms with Crippen LogP contribution in [0.4, 0.5) is 0 Å². The number of rotatable bonds is 8. The molecule has 5 atom stereocenters. The van der Waals surface area contributed by atoms with E-state index in [-0.39, 0.29) is 24.0 Å². The highest BCUT2D eigenvalue weighted by Crippen LogP contribution is 2.34. The van der Waals surface area contributed by atoms with Crippen LogP contribution >= 0.6 is 0 Å². The Hall–Kier alpha value is -1.20. The van der Waals surface area contributed by atoms with Gasteiger partial charge in [-0.2, -0.15) is 0 Å². The van der Waals surface area contributed by atoms with Crippen molar-refractivity contribution in [2.24, 2.45) is 11.8 Å². The predicted molar refractivity (Wildman–Crippen MR) is 104 cm³/mol. The van der Waals surface area contributed by atoms with Crippen LogP contribution in [0.15, 0.2) is 42.0 Å². The van der Waals surface area contributed by atoms with Crippen LogP contribution in [0.1, 0.15) is 47.1 Å². The lowest BCUT2D eigenvalue weighted by molar-refractivity contribution is -0.151. The maximum absolute atomic E-state index is 10.7. The van der Waals surface area contributed by atoms with E-state index in [0.717, 1.165) is 5.57 Å². The molecule has 0 radical (unpaired) electrons. The first kappa shape index (κ1) is 21.1. The van der Waals surface area contributed by atoms with Crippen LogP contribution in [0.3, 0.4) is 0 Å². The van der Waals surface area contributed by atoms with Gasteiger partial charge in [-0.3, -0.25) is 0 Å². The maximum Gasteiger partial charge on any atom is 0.163 e. The van der Waals surface area contributed by atoms with Gasteiger partial charge in [-0.15, -0.1) is 0 Å². The Labute approximate surface area is 158 Å². The third-order valence-corrected chi connectivity index (χ3v) is 4.87. The highest BCUT2D eigenvalue weighted by molar-refractivity contribution is 5.13. The lowest BCUT2D eigenvalue weighted by atomic mass is 9.89. The summed E-state index contributed by atoms with van der Waals surface area (Å²) >= 11 is 0. The van der Waals surface area contributed by atoms with Crippen molar-refractivity contribution in [3.8, 4) is 0 Å². The van der Waals surface area contributed by atoms with Gasteiger partial charge >= 0.3 is 0 Å². The van der Waals surface area contributed by atoms with Crippen molar-refractivity contribution in [2.75, 3.05) is 6.61 Å². The molecule has 1 aliphatic heterocycles. The second-order valence-electron chi connectivity index (χ2n) is 8.00. The molecule has 146 valence electrons. The minimum absolute atomic E-state index is 0.0333. The third-order valence-electron chi connectivity index (χ3n) is 4.87. The Morgan fingerprint density at radius 3 is 2.46 bits per heavy atom. The number of aliphatic hydroxyl groups is 1. The zero-order chi connectivity index (χ0) is 19.3. The van der Waals surface area contributed by atoms with Gasteiger partial charge in [0.25, 0.3) is 0 Å². The van der Waals surface area contributed by atoms with Gasteiger partial charge in [0, 0.05) is 5.92 Å². The number of hydrogen-bond acceptors (Lipinski definition) is 4. The number of benzene rings is 1. The molecule has 4 nitrogen and oxygen atoms in total. The van der Waals surface area contributed by atoms with E-state index in [2.05, 4.69) is 25.1 Å². The van der Waals surface area contributed by atoms with Gasteiger partial charge in [-0.1, -0.05) is 50.3 Å². The molecule has 2 rings (SSSR count). The maximum atomic E-state index is 10.7. The standard InChI is InChI=1S/C22H34O4/c1-15(13-24-14-19-10-8-7-9-11-19)12-16(2)20(23)17(3)21-18(4)25-22(5,6)26-21/h7-12,15,17-18,20-21,23H,13-14H2,1-6H3/b16-12+/t15-,17-,18+,20+,21+/m1/s1. The summed E-state index contributed by atoms with van der Waals surface area (Å²) in [5.74, 6) is -0.399. The van der Waals surface area contributed by atoms with Crippen LogP contribution in [0, 0.1) is 11.8 Å². The highest BCUT2D eigenvalue weighted by atomic mass is 16.7. The van der Waals surface area contributed by atoms with E-state index in [1.807, 2.05) is 52.8 Å². The highest BCUT2D eigenvalue weighted by Gasteiger charge is 2.43. The fourth-order valence-corrected chi connectivity index (χ4v) is 3.63. The van der Waals surface area contributed by atoms with E-state index in [9.17, 15) is 5.11 Å². The summed E-state index contributed by atoms with van der Waals surface area (Å²) in [6.07, 6.45) is 1.39.